The first kappa shape index (κ1) is 22.3. The lowest BCUT2D eigenvalue weighted by Crippen LogP contribution is -2.50. The quantitative estimate of drug-likeness (QED) is 0.609. The molecule has 1 aliphatic rings. The molecule has 3 rings (SSSR count). The number of rotatable bonds is 8. The Kier molecular flexibility index (Phi) is 7.91. The van der Waals surface area contributed by atoms with E-state index in [1.54, 1.807) is 11.8 Å². The Morgan fingerprint density at radius 1 is 1.17 bits per heavy atom. The van der Waals surface area contributed by atoms with Gasteiger partial charge >= 0.3 is 0 Å². The lowest BCUT2D eigenvalue weighted by Gasteiger charge is -2.29. The maximum atomic E-state index is 13.1. The van der Waals surface area contributed by atoms with E-state index in [1.165, 1.54) is 0 Å². The van der Waals surface area contributed by atoms with Gasteiger partial charge in [-0.25, -0.2) is 0 Å². The Morgan fingerprint density at radius 3 is 2.53 bits per heavy atom. The van der Waals surface area contributed by atoms with Gasteiger partial charge < -0.3 is 15.0 Å². The number of hydrogen-bond donors (Lipinski definition) is 1. The Bertz CT molecular complexity index is 863. The van der Waals surface area contributed by atoms with Crippen LogP contribution in [0.4, 0.5) is 0 Å². The number of ether oxygens (including phenoxy) is 1. The van der Waals surface area contributed by atoms with Crippen LogP contribution in [0.25, 0.3) is 0 Å². The minimum Gasteiger partial charge on any atom is -0.484 e. The van der Waals surface area contributed by atoms with Crippen molar-refractivity contribution < 1.29 is 14.3 Å². The molecule has 6 heteroatoms. The number of nitrogens with zero attached hydrogens (tertiary/aromatic N) is 1. The molecule has 5 nitrogen and oxygen atoms in total. The topological polar surface area (TPSA) is 58.6 Å². The second kappa shape index (κ2) is 10.6. The molecule has 2 aromatic rings. The van der Waals surface area contributed by atoms with E-state index in [-0.39, 0.29) is 24.5 Å². The average Bonchev–Trinajstić information content (AvgIpc) is 3.24. The zero-order valence-electron chi connectivity index (χ0n) is 17.6. The van der Waals surface area contributed by atoms with Gasteiger partial charge in [0, 0.05) is 17.1 Å². The lowest BCUT2D eigenvalue weighted by molar-refractivity contribution is -0.142. The maximum Gasteiger partial charge on any atom is 0.261 e. The number of carbonyl (C=O) groups is 2. The van der Waals surface area contributed by atoms with E-state index in [4.69, 9.17) is 4.74 Å². The fourth-order valence-electron chi connectivity index (χ4n) is 3.69. The molecular formula is C24H29BrN2O3. The zero-order chi connectivity index (χ0) is 21.5. The number of halogens is 1. The van der Waals surface area contributed by atoms with E-state index in [2.05, 4.69) is 21.2 Å². The number of aryl methyl sites for hydroxylation is 1. The molecule has 0 heterocycles. The fourth-order valence-corrected chi connectivity index (χ4v) is 3.96. The molecule has 0 aromatic heterocycles. The molecule has 0 saturated heterocycles. The largest absolute Gasteiger partial charge is 0.484 e. The number of hydrogen-bond acceptors (Lipinski definition) is 3. The lowest BCUT2D eigenvalue weighted by atomic mass is 10.1. The van der Waals surface area contributed by atoms with E-state index < -0.39 is 6.04 Å². The minimum absolute atomic E-state index is 0.108. The van der Waals surface area contributed by atoms with Crippen molar-refractivity contribution in [1.82, 2.24) is 10.2 Å². The predicted molar refractivity (Wildman–Crippen MR) is 121 cm³/mol. The molecule has 160 valence electrons. The van der Waals surface area contributed by atoms with Crippen molar-refractivity contribution in [2.75, 3.05) is 6.61 Å². The summed E-state index contributed by atoms with van der Waals surface area (Å²) in [6, 6.07) is 15.0. The number of nitrogens with one attached hydrogen (secondary N) is 1. The molecular weight excluding hydrogens is 444 g/mol. The molecule has 2 aromatic carbocycles. The van der Waals surface area contributed by atoms with Gasteiger partial charge in [0.05, 0.1) is 0 Å². The molecule has 1 atom stereocenters. The molecule has 1 N–H and O–H groups in total. The highest BCUT2D eigenvalue weighted by Gasteiger charge is 2.28. The molecule has 0 radical (unpaired) electrons. The summed E-state index contributed by atoms with van der Waals surface area (Å²) in [5.41, 5.74) is 2.03. The van der Waals surface area contributed by atoms with Crippen LogP contribution < -0.4 is 10.1 Å². The average molecular weight is 473 g/mol. The van der Waals surface area contributed by atoms with Crippen molar-refractivity contribution in [3.05, 3.63) is 64.1 Å². The van der Waals surface area contributed by atoms with Gasteiger partial charge in [-0.2, -0.15) is 0 Å². The van der Waals surface area contributed by atoms with Crippen LogP contribution in [0.2, 0.25) is 0 Å². The SMILES string of the molecule is Cc1cccc(OCC(=O)N(Cc2ccc(Br)cc2)[C@@H](C)C(=O)NC2CCCC2)c1. The normalized spacial score (nSPS) is 14.9. The van der Waals surface area contributed by atoms with Gasteiger partial charge in [-0.15, -0.1) is 0 Å². The summed E-state index contributed by atoms with van der Waals surface area (Å²) in [6.45, 7) is 4.00. The van der Waals surface area contributed by atoms with Gasteiger partial charge in [0.1, 0.15) is 11.8 Å². The summed E-state index contributed by atoms with van der Waals surface area (Å²) in [7, 11) is 0. The smallest absolute Gasteiger partial charge is 0.261 e. The van der Waals surface area contributed by atoms with E-state index in [0.717, 1.165) is 41.3 Å². The van der Waals surface area contributed by atoms with Crippen LogP contribution in [0, 0.1) is 6.92 Å². The first-order chi connectivity index (χ1) is 14.4. The van der Waals surface area contributed by atoms with Gasteiger partial charge in [-0.05, 0) is 62.1 Å². The van der Waals surface area contributed by atoms with Crippen LogP contribution >= 0.6 is 15.9 Å². The highest BCUT2D eigenvalue weighted by atomic mass is 79.9. The van der Waals surface area contributed by atoms with E-state index in [0.29, 0.717) is 12.3 Å². The summed E-state index contributed by atoms with van der Waals surface area (Å²) < 4.78 is 6.69. The number of carbonyl (C=O) groups excluding carboxylic acids is 2. The van der Waals surface area contributed by atoms with Gasteiger partial charge in [0.15, 0.2) is 6.61 Å². The first-order valence-corrected chi connectivity index (χ1v) is 11.3. The highest BCUT2D eigenvalue weighted by molar-refractivity contribution is 9.10. The number of amides is 2. The van der Waals surface area contributed by atoms with E-state index in [9.17, 15) is 9.59 Å². The Morgan fingerprint density at radius 2 is 1.87 bits per heavy atom. The Balaban J connectivity index is 1.70. The molecule has 1 aliphatic carbocycles. The van der Waals surface area contributed by atoms with Crippen LogP contribution in [-0.4, -0.2) is 35.4 Å². The van der Waals surface area contributed by atoms with Gasteiger partial charge in [0.25, 0.3) is 5.91 Å². The molecule has 1 fully saturated rings. The van der Waals surface area contributed by atoms with E-state index >= 15 is 0 Å². The van der Waals surface area contributed by atoms with Crippen LogP contribution in [0.3, 0.4) is 0 Å². The molecule has 0 spiro atoms. The van der Waals surface area contributed by atoms with Crippen molar-refractivity contribution in [3.63, 3.8) is 0 Å². The van der Waals surface area contributed by atoms with E-state index in [1.807, 2.05) is 55.5 Å². The summed E-state index contributed by atoms with van der Waals surface area (Å²) in [5.74, 6) is 0.325. The summed E-state index contributed by atoms with van der Waals surface area (Å²) in [6.07, 6.45) is 4.31. The summed E-state index contributed by atoms with van der Waals surface area (Å²) >= 11 is 3.43. The first-order valence-electron chi connectivity index (χ1n) is 10.5. The van der Waals surface area contributed by atoms with Gasteiger partial charge in [-0.3, -0.25) is 9.59 Å². The zero-order valence-corrected chi connectivity index (χ0v) is 19.2. The van der Waals surface area contributed by atoms with Crippen LogP contribution in [0.5, 0.6) is 5.75 Å². The third kappa shape index (κ3) is 6.33. The molecule has 0 aliphatic heterocycles. The second-order valence-corrected chi connectivity index (χ2v) is 8.83. The maximum absolute atomic E-state index is 13.1. The van der Waals surface area contributed by atoms with Crippen LogP contribution in [0.15, 0.2) is 53.0 Å². The third-order valence-electron chi connectivity index (χ3n) is 5.49. The van der Waals surface area contributed by atoms with Crippen molar-refractivity contribution in [3.8, 4) is 5.75 Å². The Hall–Kier alpha value is -2.34. The second-order valence-electron chi connectivity index (χ2n) is 7.92. The standard InChI is InChI=1S/C24H29BrN2O3/c1-17-6-5-9-22(14-17)30-16-23(28)27(15-19-10-12-20(25)13-11-19)18(2)24(29)26-21-7-3-4-8-21/h5-6,9-14,18,21H,3-4,7-8,15-16H2,1-2H3,(H,26,29)/t18-/m0/s1. The van der Waals surface area contributed by atoms with Crippen molar-refractivity contribution in [1.29, 1.82) is 0 Å². The monoisotopic (exact) mass is 472 g/mol. The fraction of sp³-hybridized carbons (Fsp3) is 0.417. The van der Waals surface area contributed by atoms with Gasteiger partial charge in [-0.1, -0.05) is 53.0 Å². The molecule has 2 amide bonds. The van der Waals surface area contributed by atoms with Crippen LogP contribution in [0.1, 0.15) is 43.7 Å². The van der Waals surface area contributed by atoms with Crippen molar-refractivity contribution >= 4 is 27.7 Å². The third-order valence-corrected chi connectivity index (χ3v) is 6.02. The molecule has 0 unspecified atom stereocenters. The summed E-state index contributed by atoms with van der Waals surface area (Å²) in [5, 5.41) is 3.11. The molecule has 30 heavy (non-hydrogen) atoms. The van der Waals surface area contributed by atoms with Gasteiger partial charge in [0.2, 0.25) is 5.91 Å². The molecule has 1 saturated carbocycles. The highest BCUT2D eigenvalue weighted by Crippen LogP contribution is 2.19. The minimum atomic E-state index is -0.581. The number of benzene rings is 2. The predicted octanol–water partition coefficient (Wildman–Crippen LogP) is 4.61. The van der Waals surface area contributed by atoms with Crippen molar-refractivity contribution in [2.45, 2.75) is 58.2 Å². The summed E-state index contributed by atoms with van der Waals surface area (Å²) in [4.78, 5) is 27.5. The molecule has 0 bridgehead atoms. The van der Waals surface area contributed by atoms with Crippen molar-refractivity contribution in [2.24, 2.45) is 0 Å². The van der Waals surface area contributed by atoms with Crippen LogP contribution in [-0.2, 0) is 16.1 Å². The Labute approximate surface area is 186 Å².